The SMILES string of the molecule is [SiH3]C(Cl)(Cl)CCCCCCC1CC2C=CC1C2. The van der Waals surface area contributed by atoms with Crippen LogP contribution in [0.1, 0.15) is 51.4 Å². The van der Waals surface area contributed by atoms with Gasteiger partial charge in [-0.2, -0.15) is 0 Å². The fourth-order valence-corrected chi connectivity index (χ4v) is 4.04. The minimum atomic E-state index is -0.380. The Hall–Kier alpha value is 0.537. The fraction of sp³-hybridized carbons (Fsp3) is 0.857. The van der Waals surface area contributed by atoms with Crippen LogP contribution in [0.15, 0.2) is 12.2 Å². The van der Waals surface area contributed by atoms with E-state index in [9.17, 15) is 0 Å². The molecule has 2 aliphatic carbocycles. The smallest absolute Gasteiger partial charge is 0.0972 e. The molecule has 2 bridgehead atoms. The Balaban J connectivity index is 1.49. The zero-order valence-electron chi connectivity index (χ0n) is 10.8. The molecule has 0 nitrogen and oxygen atoms in total. The molecule has 0 radical (unpaired) electrons. The second kappa shape index (κ2) is 6.12. The number of allylic oxidation sites excluding steroid dienone is 2. The van der Waals surface area contributed by atoms with Crippen LogP contribution in [0.3, 0.4) is 0 Å². The summed E-state index contributed by atoms with van der Waals surface area (Å²) in [5, 5.41) is 0. The second-order valence-corrected chi connectivity index (χ2v) is 10.9. The molecule has 0 N–H and O–H groups in total. The van der Waals surface area contributed by atoms with E-state index in [2.05, 4.69) is 12.2 Å². The molecule has 0 saturated heterocycles. The van der Waals surface area contributed by atoms with E-state index in [1.165, 1.54) is 44.9 Å². The van der Waals surface area contributed by atoms with E-state index in [-0.39, 0.29) is 3.96 Å². The van der Waals surface area contributed by atoms with Crippen molar-refractivity contribution >= 4 is 33.4 Å². The van der Waals surface area contributed by atoms with Crippen molar-refractivity contribution in [3.63, 3.8) is 0 Å². The first-order valence-corrected chi connectivity index (χ1v) is 8.86. The molecule has 0 heterocycles. The van der Waals surface area contributed by atoms with Crippen LogP contribution in [0.2, 0.25) is 0 Å². The van der Waals surface area contributed by atoms with Crippen molar-refractivity contribution in [2.45, 2.75) is 55.3 Å². The third-order valence-corrected chi connectivity index (χ3v) is 5.24. The molecule has 1 fully saturated rings. The lowest BCUT2D eigenvalue weighted by molar-refractivity contribution is 0.394. The number of alkyl halides is 2. The Morgan fingerprint density at radius 3 is 2.41 bits per heavy atom. The van der Waals surface area contributed by atoms with Gasteiger partial charge in [-0.1, -0.05) is 37.8 Å². The summed E-state index contributed by atoms with van der Waals surface area (Å²) in [7, 11) is 0.879. The summed E-state index contributed by atoms with van der Waals surface area (Å²) in [6, 6.07) is 0. The number of rotatable bonds is 7. The van der Waals surface area contributed by atoms with Crippen LogP contribution in [0.4, 0.5) is 0 Å². The van der Waals surface area contributed by atoms with E-state index < -0.39 is 0 Å². The zero-order valence-corrected chi connectivity index (χ0v) is 14.3. The highest BCUT2D eigenvalue weighted by Crippen LogP contribution is 2.45. The highest BCUT2D eigenvalue weighted by atomic mass is 35.5. The van der Waals surface area contributed by atoms with Gasteiger partial charge in [-0.25, -0.2) is 0 Å². The normalized spacial score (nSPS) is 31.5. The zero-order chi connectivity index (χ0) is 12.3. The quantitative estimate of drug-likeness (QED) is 0.287. The first-order valence-electron chi connectivity index (χ1n) is 7.11. The molecule has 2 rings (SSSR count). The van der Waals surface area contributed by atoms with Gasteiger partial charge in [0.25, 0.3) is 0 Å². The lowest BCUT2D eigenvalue weighted by Gasteiger charge is -2.17. The summed E-state index contributed by atoms with van der Waals surface area (Å²) in [6.07, 6.45) is 15.5. The van der Waals surface area contributed by atoms with Gasteiger partial charge in [0, 0.05) is 10.2 Å². The van der Waals surface area contributed by atoms with E-state index in [0.717, 1.165) is 34.4 Å². The maximum atomic E-state index is 6.01. The van der Waals surface area contributed by atoms with Crippen LogP contribution in [0.5, 0.6) is 0 Å². The molecule has 0 aliphatic heterocycles. The molecular weight excluding hydrogens is 267 g/mol. The molecule has 2 aliphatic rings. The van der Waals surface area contributed by atoms with Crippen LogP contribution in [0, 0.1) is 17.8 Å². The van der Waals surface area contributed by atoms with Crippen molar-refractivity contribution in [2.24, 2.45) is 17.8 Å². The summed E-state index contributed by atoms with van der Waals surface area (Å²) >= 11 is 12.0. The predicted molar refractivity (Wildman–Crippen MR) is 80.9 cm³/mol. The fourth-order valence-electron chi connectivity index (χ4n) is 3.42. The molecule has 1 saturated carbocycles. The summed E-state index contributed by atoms with van der Waals surface area (Å²) in [4.78, 5) is 0. The Morgan fingerprint density at radius 2 is 1.82 bits per heavy atom. The molecule has 3 atom stereocenters. The van der Waals surface area contributed by atoms with Crippen molar-refractivity contribution in [1.82, 2.24) is 0 Å². The lowest BCUT2D eigenvalue weighted by atomic mass is 9.88. The molecule has 3 unspecified atom stereocenters. The summed E-state index contributed by atoms with van der Waals surface area (Å²) in [5.41, 5.74) is 0. The predicted octanol–water partition coefficient (Wildman–Crippen LogP) is 4.04. The van der Waals surface area contributed by atoms with Gasteiger partial charge in [-0.05, 0) is 43.4 Å². The number of hydrogen-bond acceptors (Lipinski definition) is 0. The van der Waals surface area contributed by atoms with Gasteiger partial charge in [-0.3, -0.25) is 0 Å². The summed E-state index contributed by atoms with van der Waals surface area (Å²) in [5.74, 6) is 2.87. The van der Waals surface area contributed by atoms with Crippen LogP contribution >= 0.6 is 23.2 Å². The van der Waals surface area contributed by atoms with Gasteiger partial charge in [0.15, 0.2) is 0 Å². The van der Waals surface area contributed by atoms with Crippen molar-refractivity contribution in [3.05, 3.63) is 12.2 Å². The summed E-state index contributed by atoms with van der Waals surface area (Å²) in [6.45, 7) is 0. The lowest BCUT2D eigenvalue weighted by Crippen LogP contribution is -2.11. The Kier molecular flexibility index (Phi) is 5.03. The maximum absolute atomic E-state index is 6.01. The molecule has 0 aromatic carbocycles. The standard InChI is InChI=1S/C14H24Cl2Si/c15-14(16,17)8-4-2-1-3-5-12-9-11-6-7-13(12)10-11/h6-7,11-13H,1-5,8-10H2,17H3. The van der Waals surface area contributed by atoms with Gasteiger partial charge in [0.05, 0.1) is 3.96 Å². The maximum Gasteiger partial charge on any atom is 0.0972 e. The molecule has 0 aromatic heterocycles. The van der Waals surface area contributed by atoms with E-state index in [0.29, 0.717) is 0 Å². The average molecular weight is 291 g/mol. The minimum Gasteiger partial charge on any atom is -0.107 e. The van der Waals surface area contributed by atoms with E-state index in [1.54, 1.807) is 0 Å². The molecule has 0 amide bonds. The molecule has 17 heavy (non-hydrogen) atoms. The van der Waals surface area contributed by atoms with Crippen molar-refractivity contribution in [2.75, 3.05) is 0 Å². The summed E-state index contributed by atoms with van der Waals surface area (Å²) < 4.78 is -0.380. The number of halogens is 2. The number of hydrogen-bond donors (Lipinski definition) is 0. The molecule has 98 valence electrons. The Labute approximate surface area is 119 Å². The monoisotopic (exact) mass is 290 g/mol. The third-order valence-electron chi connectivity index (χ3n) is 4.36. The first kappa shape index (κ1) is 14.0. The molecular formula is C14H24Cl2Si. The first-order chi connectivity index (χ1) is 8.04. The second-order valence-electron chi connectivity index (χ2n) is 6.06. The van der Waals surface area contributed by atoms with Crippen molar-refractivity contribution < 1.29 is 0 Å². The van der Waals surface area contributed by atoms with E-state index >= 15 is 0 Å². The van der Waals surface area contributed by atoms with E-state index in [4.69, 9.17) is 23.2 Å². The van der Waals surface area contributed by atoms with Crippen LogP contribution in [0.25, 0.3) is 0 Å². The Bertz CT molecular complexity index is 270. The van der Waals surface area contributed by atoms with Crippen molar-refractivity contribution in [1.29, 1.82) is 0 Å². The topological polar surface area (TPSA) is 0 Å². The van der Waals surface area contributed by atoms with Crippen LogP contribution < -0.4 is 0 Å². The third kappa shape index (κ3) is 4.61. The minimum absolute atomic E-state index is 0.380. The number of unbranched alkanes of at least 4 members (excludes halogenated alkanes) is 3. The Morgan fingerprint density at radius 1 is 1.06 bits per heavy atom. The van der Waals surface area contributed by atoms with Gasteiger partial charge < -0.3 is 0 Å². The van der Waals surface area contributed by atoms with Crippen LogP contribution in [-0.2, 0) is 0 Å². The highest BCUT2D eigenvalue weighted by Gasteiger charge is 2.34. The van der Waals surface area contributed by atoms with Gasteiger partial charge >= 0.3 is 0 Å². The number of fused-ring (bicyclic) bond motifs is 2. The molecule has 0 spiro atoms. The van der Waals surface area contributed by atoms with E-state index in [1.807, 2.05) is 0 Å². The average Bonchev–Trinajstić information content (AvgIpc) is 2.83. The highest BCUT2D eigenvalue weighted by molar-refractivity contribution is 6.65. The molecule has 3 heteroatoms. The molecule has 0 aromatic rings. The largest absolute Gasteiger partial charge is 0.107 e. The van der Waals surface area contributed by atoms with Gasteiger partial charge in [-0.15, -0.1) is 23.2 Å². The van der Waals surface area contributed by atoms with Gasteiger partial charge in [0.1, 0.15) is 0 Å². The van der Waals surface area contributed by atoms with Crippen LogP contribution in [-0.4, -0.2) is 14.2 Å². The van der Waals surface area contributed by atoms with Gasteiger partial charge in [0.2, 0.25) is 0 Å². The van der Waals surface area contributed by atoms with Crippen molar-refractivity contribution in [3.8, 4) is 0 Å².